The van der Waals surface area contributed by atoms with E-state index in [0.717, 1.165) is 24.0 Å². The summed E-state index contributed by atoms with van der Waals surface area (Å²) in [7, 11) is -1.58. The standard InChI is InChI=1S/C12H15BO4/c1-2-3-6-16-10-5-4-9-7-12(13(14)15)17-11(9)8-10/h4-5,7-8,14-15H,2-3,6H2,1H3. The SMILES string of the molecule is CCCCOc1ccc2cc(B(O)O)oc2c1. The molecule has 2 rings (SSSR count). The second kappa shape index (κ2) is 5.25. The van der Waals surface area contributed by atoms with Crippen molar-refractivity contribution in [3.63, 3.8) is 0 Å². The molecule has 0 atom stereocenters. The zero-order valence-corrected chi connectivity index (χ0v) is 9.72. The quantitative estimate of drug-likeness (QED) is 0.604. The van der Waals surface area contributed by atoms with Crippen LogP contribution in [0, 0.1) is 0 Å². The average Bonchev–Trinajstić information content (AvgIpc) is 2.72. The topological polar surface area (TPSA) is 62.8 Å². The Balaban J connectivity index is 2.18. The Labute approximate surface area is 100.0 Å². The van der Waals surface area contributed by atoms with E-state index in [4.69, 9.17) is 19.2 Å². The molecule has 90 valence electrons. The Morgan fingerprint density at radius 3 is 2.82 bits per heavy atom. The van der Waals surface area contributed by atoms with Crippen molar-refractivity contribution in [3.05, 3.63) is 24.3 Å². The summed E-state index contributed by atoms with van der Waals surface area (Å²) in [4.78, 5) is 0. The molecule has 0 saturated carbocycles. The summed E-state index contributed by atoms with van der Waals surface area (Å²) < 4.78 is 10.8. The molecule has 0 aliphatic carbocycles. The van der Waals surface area contributed by atoms with Crippen LogP contribution in [-0.4, -0.2) is 23.8 Å². The lowest BCUT2D eigenvalue weighted by molar-refractivity contribution is 0.309. The Hall–Kier alpha value is -1.46. The fourth-order valence-corrected chi connectivity index (χ4v) is 1.58. The van der Waals surface area contributed by atoms with E-state index in [9.17, 15) is 0 Å². The number of furan rings is 1. The molecule has 0 bridgehead atoms. The fourth-order valence-electron chi connectivity index (χ4n) is 1.58. The summed E-state index contributed by atoms with van der Waals surface area (Å²) in [5, 5.41) is 18.8. The fraction of sp³-hybridized carbons (Fsp3) is 0.333. The highest BCUT2D eigenvalue weighted by molar-refractivity contribution is 6.57. The molecule has 1 aromatic carbocycles. The smallest absolute Gasteiger partial charge is 0.493 e. The van der Waals surface area contributed by atoms with Crippen LogP contribution in [0.3, 0.4) is 0 Å². The molecule has 17 heavy (non-hydrogen) atoms. The van der Waals surface area contributed by atoms with Gasteiger partial charge in [0.15, 0.2) is 0 Å². The molecule has 0 amide bonds. The molecular formula is C12H15BO4. The molecular weight excluding hydrogens is 219 g/mol. The third-order valence-corrected chi connectivity index (χ3v) is 2.53. The number of hydrogen-bond acceptors (Lipinski definition) is 4. The number of benzene rings is 1. The first-order chi connectivity index (χ1) is 8.20. The van der Waals surface area contributed by atoms with Crippen molar-refractivity contribution in [1.29, 1.82) is 0 Å². The number of fused-ring (bicyclic) bond motifs is 1. The van der Waals surface area contributed by atoms with Crippen LogP contribution in [0.2, 0.25) is 0 Å². The van der Waals surface area contributed by atoms with Crippen molar-refractivity contribution in [1.82, 2.24) is 0 Å². The van der Waals surface area contributed by atoms with Crippen LogP contribution in [0.1, 0.15) is 19.8 Å². The van der Waals surface area contributed by atoms with E-state index in [1.54, 1.807) is 12.1 Å². The lowest BCUT2D eigenvalue weighted by atomic mass is 9.88. The van der Waals surface area contributed by atoms with Gasteiger partial charge in [-0.05, 0) is 24.6 Å². The van der Waals surface area contributed by atoms with Crippen LogP contribution in [-0.2, 0) is 0 Å². The number of rotatable bonds is 5. The minimum Gasteiger partial charge on any atom is -0.493 e. The van der Waals surface area contributed by atoms with Gasteiger partial charge in [-0.1, -0.05) is 13.3 Å². The van der Waals surface area contributed by atoms with E-state index in [-0.39, 0.29) is 5.66 Å². The van der Waals surface area contributed by atoms with Crippen LogP contribution in [0.5, 0.6) is 5.75 Å². The van der Waals surface area contributed by atoms with Crippen molar-refractivity contribution in [3.8, 4) is 5.75 Å². The maximum atomic E-state index is 9.00. The molecule has 5 heteroatoms. The molecule has 1 aromatic heterocycles. The Morgan fingerprint density at radius 1 is 1.29 bits per heavy atom. The molecule has 0 radical (unpaired) electrons. The van der Waals surface area contributed by atoms with Gasteiger partial charge in [0.25, 0.3) is 0 Å². The molecule has 2 aromatic rings. The van der Waals surface area contributed by atoms with Crippen molar-refractivity contribution in [2.75, 3.05) is 6.61 Å². The van der Waals surface area contributed by atoms with Crippen molar-refractivity contribution in [2.24, 2.45) is 0 Å². The first-order valence-electron chi connectivity index (χ1n) is 5.73. The second-order valence-corrected chi connectivity index (χ2v) is 3.92. The van der Waals surface area contributed by atoms with Gasteiger partial charge in [-0.15, -0.1) is 0 Å². The second-order valence-electron chi connectivity index (χ2n) is 3.92. The van der Waals surface area contributed by atoms with Crippen molar-refractivity contribution >= 4 is 23.7 Å². The van der Waals surface area contributed by atoms with Crippen LogP contribution in [0.15, 0.2) is 28.7 Å². The lowest BCUT2D eigenvalue weighted by Crippen LogP contribution is -2.27. The first kappa shape index (κ1) is 12.0. The molecule has 4 nitrogen and oxygen atoms in total. The van der Waals surface area contributed by atoms with Gasteiger partial charge in [-0.3, -0.25) is 0 Å². The van der Waals surface area contributed by atoms with E-state index >= 15 is 0 Å². The maximum Gasteiger partial charge on any atom is 0.526 e. The van der Waals surface area contributed by atoms with Gasteiger partial charge in [0.1, 0.15) is 17.0 Å². The molecule has 2 N–H and O–H groups in total. The average molecular weight is 234 g/mol. The Bertz CT molecular complexity index is 492. The maximum absolute atomic E-state index is 9.00. The van der Waals surface area contributed by atoms with E-state index in [2.05, 4.69) is 6.92 Å². The summed E-state index contributed by atoms with van der Waals surface area (Å²) in [6.07, 6.45) is 2.10. The third-order valence-electron chi connectivity index (χ3n) is 2.53. The molecule has 0 spiro atoms. The molecule has 0 aliphatic rings. The van der Waals surface area contributed by atoms with Crippen molar-refractivity contribution in [2.45, 2.75) is 19.8 Å². The summed E-state index contributed by atoms with van der Waals surface area (Å²) in [6.45, 7) is 2.78. The van der Waals surface area contributed by atoms with Gasteiger partial charge >= 0.3 is 7.12 Å². The summed E-state index contributed by atoms with van der Waals surface area (Å²) in [5.74, 6) is 0.735. The van der Waals surface area contributed by atoms with Crippen LogP contribution in [0.4, 0.5) is 0 Å². The summed E-state index contributed by atoms with van der Waals surface area (Å²) >= 11 is 0. The van der Waals surface area contributed by atoms with Gasteiger partial charge in [-0.25, -0.2) is 0 Å². The zero-order valence-electron chi connectivity index (χ0n) is 9.72. The lowest BCUT2D eigenvalue weighted by Gasteiger charge is -2.04. The zero-order chi connectivity index (χ0) is 12.3. The van der Waals surface area contributed by atoms with Crippen LogP contribution >= 0.6 is 0 Å². The predicted molar refractivity (Wildman–Crippen MR) is 66.4 cm³/mol. The highest BCUT2D eigenvalue weighted by Gasteiger charge is 2.17. The Morgan fingerprint density at radius 2 is 2.12 bits per heavy atom. The normalized spacial score (nSPS) is 10.8. The molecule has 0 fully saturated rings. The van der Waals surface area contributed by atoms with Gasteiger partial charge in [0, 0.05) is 11.5 Å². The minimum atomic E-state index is -1.58. The molecule has 0 unspecified atom stereocenters. The van der Waals surface area contributed by atoms with E-state index in [0.29, 0.717) is 12.2 Å². The Kier molecular flexibility index (Phi) is 3.71. The first-order valence-corrected chi connectivity index (χ1v) is 5.73. The van der Waals surface area contributed by atoms with E-state index < -0.39 is 7.12 Å². The van der Waals surface area contributed by atoms with Crippen LogP contribution in [0.25, 0.3) is 11.0 Å². The van der Waals surface area contributed by atoms with Gasteiger partial charge < -0.3 is 19.2 Å². The highest BCUT2D eigenvalue weighted by atomic mass is 16.5. The number of unbranched alkanes of at least 4 members (excludes halogenated alkanes) is 1. The summed E-state index contributed by atoms with van der Waals surface area (Å²) in [5.41, 5.74) is 0.743. The van der Waals surface area contributed by atoms with Gasteiger partial charge in [-0.2, -0.15) is 0 Å². The molecule has 0 saturated heterocycles. The number of hydrogen-bond donors (Lipinski definition) is 2. The largest absolute Gasteiger partial charge is 0.526 e. The monoisotopic (exact) mass is 234 g/mol. The van der Waals surface area contributed by atoms with E-state index in [1.807, 2.05) is 12.1 Å². The number of ether oxygens (including phenoxy) is 1. The molecule has 0 aliphatic heterocycles. The predicted octanol–water partition coefficient (Wildman–Crippen LogP) is 1.29. The minimum absolute atomic E-state index is 0.144. The van der Waals surface area contributed by atoms with Gasteiger partial charge in [0.05, 0.1) is 6.61 Å². The van der Waals surface area contributed by atoms with E-state index in [1.165, 1.54) is 0 Å². The third kappa shape index (κ3) is 2.81. The van der Waals surface area contributed by atoms with Gasteiger partial charge in [0.2, 0.25) is 0 Å². The van der Waals surface area contributed by atoms with Crippen molar-refractivity contribution < 1.29 is 19.2 Å². The summed E-state index contributed by atoms with van der Waals surface area (Å²) in [6, 6.07) is 7.06. The molecule has 1 heterocycles. The van der Waals surface area contributed by atoms with Crippen LogP contribution < -0.4 is 10.4 Å². The highest BCUT2D eigenvalue weighted by Crippen LogP contribution is 2.21.